The second-order valence-electron chi connectivity index (χ2n) is 7.71. The summed E-state index contributed by atoms with van der Waals surface area (Å²) in [5, 5.41) is 3.06. The molecule has 1 N–H and O–H groups in total. The number of amides is 1. The Hall–Kier alpha value is -2.34. The average molecular weight is 357 g/mol. The van der Waals surface area contributed by atoms with E-state index in [4.69, 9.17) is 9.47 Å². The zero-order valence-electron chi connectivity index (χ0n) is 15.9. The number of hydrogen-bond acceptors (Lipinski definition) is 4. The van der Waals surface area contributed by atoms with Crippen molar-refractivity contribution >= 4 is 5.91 Å². The largest absolute Gasteiger partial charge is 0.486 e. The summed E-state index contributed by atoms with van der Waals surface area (Å²) in [5.41, 5.74) is 1.52. The maximum Gasteiger partial charge on any atom is 0.253 e. The third-order valence-electron chi connectivity index (χ3n) is 4.51. The smallest absolute Gasteiger partial charge is 0.253 e. The summed E-state index contributed by atoms with van der Waals surface area (Å²) < 4.78 is 13.6. The lowest BCUT2D eigenvalue weighted by molar-refractivity contribution is -0.00301. The monoisotopic (exact) mass is 357 g/mol. The molecule has 0 unspecified atom stereocenters. The van der Waals surface area contributed by atoms with E-state index in [0.717, 1.165) is 12.1 Å². The van der Waals surface area contributed by atoms with Crippen molar-refractivity contribution < 1.29 is 14.3 Å². The van der Waals surface area contributed by atoms with Crippen molar-refractivity contribution in [2.45, 2.75) is 51.8 Å². The highest BCUT2D eigenvalue weighted by Crippen LogP contribution is 2.19. The van der Waals surface area contributed by atoms with Crippen molar-refractivity contribution in [1.82, 2.24) is 14.9 Å². The van der Waals surface area contributed by atoms with Gasteiger partial charge in [0.25, 0.3) is 5.91 Å². The summed E-state index contributed by atoms with van der Waals surface area (Å²) in [4.78, 5) is 16.9. The van der Waals surface area contributed by atoms with E-state index in [-0.39, 0.29) is 23.6 Å². The molecule has 0 radical (unpaired) electrons. The van der Waals surface area contributed by atoms with Crippen LogP contribution in [0.4, 0.5) is 0 Å². The maximum atomic E-state index is 12.6. The van der Waals surface area contributed by atoms with Crippen LogP contribution >= 0.6 is 0 Å². The Morgan fingerprint density at radius 1 is 1.35 bits per heavy atom. The fourth-order valence-electron chi connectivity index (χ4n) is 2.89. The van der Waals surface area contributed by atoms with E-state index in [2.05, 4.69) is 31.1 Å². The highest BCUT2D eigenvalue weighted by atomic mass is 16.5. The van der Waals surface area contributed by atoms with Crippen molar-refractivity contribution in [3.8, 4) is 5.75 Å². The normalized spacial score (nSPS) is 20.6. The first-order valence-electron chi connectivity index (χ1n) is 8.99. The minimum absolute atomic E-state index is 0.0590. The molecule has 2 atom stereocenters. The fraction of sp³-hybridized carbons (Fsp3) is 0.500. The lowest BCUT2D eigenvalue weighted by Gasteiger charge is -2.32. The van der Waals surface area contributed by atoms with Gasteiger partial charge in [0, 0.05) is 30.0 Å². The molecule has 1 aliphatic heterocycles. The number of nitrogens with one attached hydrogen (secondary N) is 1. The molecule has 26 heavy (non-hydrogen) atoms. The van der Waals surface area contributed by atoms with Gasteiger partial charge in [0.2, 0.25) is 0 Å². The first-order valence-corrected chi connectivity index (χ1v) is 8.99. The molecule has 0 aliphatic carbocycles. The standard InChI is InChI=1S/C20H27N3O3/c1-14-5-6-16(11-21-14)26-18-8-10-25-13-17(18)22-19(24)15-7-9-23(12-15)20(2,3)4/h5-7,9,11-12,17-18H,8,10,13H2,1-4H3,(H,22,24)/t17-,18+/m1/s1. The Balaban J connectivity index is 1.66. The van der Waals surface area contributed by atoms with Crippen LogP contribution in [-0.2, 0) is 10.3 Å². The number of nitrogens with zero attached hydrogens (tertiary/aromatic N) is 2. The molecule has 1 amide bonds. The Kier molecular flexibility index (Phi) is 5.32. The van der Waals surface area contributed by atoms with E-state index >= 15 is 0 Å². The van der Waals surface area contributed by atoms with E-state index in [1.54, 1.807) is 6.20 Å². The lowest BCUT2D eigenvalue weighted by atomic mass is 10.1. The van der Waals surface area contributed by atoms with Crippen LogP contribution < -0.4 is 10.1 Å². The highest BCUT2D eigenvalue weighted by Gasteiger charge is 2.29. The van der Waals surface area contributed by atoms with Crippen LogP contribution in [0, 0.1) is 6.92 Å². The van der Waals surface area contributed by atoms with Crippen LogP contribution in [0.1, 0.15) is 43.2 Å². The number of aromatic nitrogens is 2. The average Bonchev–Trinajstić information content (AvgIpc) is 3.09. The molecule has 2 aromatic heterocycles. The van der Waals surface area contributed by atoms with Gasteiger partial charge in [0.15, 0.2) is 0 Å². The Morgan fingerprint density at radius 3 is 2.81 bits per heavy atom. The van der Waals surface area contributed by atoms with Crippen molar-refractivity contribution in [3.05, 3.63) is 48.0 Å². The topological polar surface area (TPSA) is 65.4 Å². The maximum absolute atomic E-state index is 12.6. The summed E-state index contributed by atoms with van der Waals surface area (Å²) >= 11 is 0. The molecule has 0 spiro atoms. The quantitative estimate of drug-likeness (QED) is 0.914. The summed E-state index contributed by atoms with van der Waals surface area (Å²) in [7, 11) is 0. The Labute approximate surface area is 154 Å². The van der Waals surface area contributed by atoms with Crippen molar-refractivity contribution in [2.75, 3.05) is 13.2 Å². The molecule has 0 aromatic carbocycles. The van der Waals surface area contributed by atoms with Crippen LogP contribution in [0.3, 0.4) is 0 Å². The minimum Gasteiger partial charge on any atom is -0.486 e. The fourth-order valence-corrected chi connectivity index (χ4v) is 2.89. The van der Waals surface area contributed by atoms with Crippen molar-refractivity contribution in [2.24, 2.45) is 0 Å². The number of pyridine rings is 1. The van der Waals surface area contributed by atoms with Crippen molar-refractivity contribution in [1.29, 1.82) is 0 Å². The third kappa shape index (κ3) is 4.43. The number of rotatable bonds is 4. The predicted octanol–water partition coefficient (Wildman–Crippen LogP) is 2.91. The molecule has 3 heterocycles. The summed E-state index contributed by atoms with van der Waals surface area (Å²) in [6.45, 7) is 9.30. The van der Waals surface area contributed by atoms with Gasteiger partial charge < -0.3 is 19.4 Å². The molecule has 2 aromatic rings. The van der Waals surface area contributed by atoms with Crippen LogP contribution in [-0.4, -0.2) is 40.8 Å². The summed E-state index contributed by atoms with van der Waals surface area (Å²) in [5.74, 6) is 0.597. The number of aryl methyl sites for hydroxylation is 1. The van der Waals surface area contributed by atoms with Crippen LogP contribution in [0.2, 0.25) is 0 Å². The molecular weight excluding hydrogens is 330 g/mol. The second-order valence-corrected chi connectivity index (χ2v) is 7.71. The van der Waals surface area contributed by atoms with Gasteiger partial charge in [-0.05, 0) is 45.9 Å². The molecule has 3 rings (SSSR count). The van der Waals surface area contributed by atoms with E-state index < -0.39 is 0 Å². The predicted molar refractivity (Wildman–Crippen MR) is 99.5 cm³/mol. The van der Waals surface area contributed by atoms with Gasteiger partial charge in [-0.2, -0.15) is 0 Å². The van der Waals surface area contributed by atoms with Crippen molar-refractivity contribution in [3.63, 3.8) is 0 Å². The number of carbonyl (C=O) groups excluding carboxylic acids is 1. The van der Waals surface area contributed by atoms with Gasteiger partial charge >= 0.3 is 0 Å². The molecule has 6 heteroatoms. The molecule has 0 bridgehead atoms. The number of hydrogen-bond donors (Lipinski definition) is 1. The van der Waals surface area contributed by atoms with Crippen LogP contribution in [0.5, 0.6) is 5.75 Å². The van der Waals surface area contributed by atoms with Gasteiger partial charge in [-0.25, -0.2) is 0 Å². The molecule has 1 fully saturated rings. The van der Waals surface area contributed by atoms with Gasteiger partial charge in [0.05, 0.1) is 31.0 Å². The number of carbonyl (C=O) groups is 1. The van der Waals surface area contributed by atoms with E-state index in [1.807, 2.05) is 42.1 Å². The molecule has 6 nitrogen and oxygen atoms in total. The Bertz CT molecular complexity index is 746. The van der Waals surface area contributed by atoms with E-state index in [1.165, 1.54) is 0 Å². The SMILES string of the molecule is Cc1ccc(O[C@H]2CCOC[C@H]2NC(=O)c2ccn(C(C)(C)C)c2)cn1. The molecular formula is C20H27N3O3. The molecule has 1 saturated heterocycles. The number of ether oxygens (including phenoxy) is 2. The first kappa shape index (κ1) is 18.5. The first-order chi connectivity index (χ1) is 12.3. The molecule has 1 aliphatic rings. The lowest BCUT2D eigenvalue weighted by Crippen LogP contribution is -2.51. The zero-order chi connectivity index (χ0) is 18.7. The van der Waals surface area contributed by atoms with Crippen LogP contribution in [0.15, 0.2) is 36.8 Å². The third-order valence-corrected chi connectivity index (χ3v) is 4.51. The van der Waals surface area contributed by atoms with Gasteiger partial charge in [0.1, 0.15) is 11.9 Å². The van der Waals surface area contributed by atoms with E-state index in [9.17, 15) is 4.79 Å². The minimum atomic E-state index is -0.199. The molecule has 140 valence electrons. The van der Waals surface area contributed by atoms with E-state index in [0.29, 0.717) is 24.5 Å². The van der Waals surface area contributed by atoms with Gasteiger partial charge in [-0.15, -0.1) is 0 Å². The summed E-state index contributed by atoms with van der Waals surface area (Å²) in [6.07, 6.45) is 6.10. The van der Waals surface area contributed by atoms with Crippen LogP contribution in [0.25, 0.3) is 0 Å². The van der Waals surface area contributed by atoms with Gasteiger partial charge in [-0.1, -0.05) is 0 Å². The highest BCUT2D eigenvalue weighted by molar-refractivity contribution is 5.94. The molecule has 0 saturated carbocycles. The summed E-state index contributed by atoms with van der Waals surface area (Å²) in [6, 6.07) is 5.46. The van der Waals surface area contributed by atoms with Gasteiger partial charge in [-0.3, -0.25) is 9.78 Å². The second kappa shape index (κ2) is 7.50. The zero-order valence-corrected chi connectivity index (χ0v) is 15.9. The Morgan fingerprint density at radius 2 is 2.15 bits per heavy atom.